The van der Waals surface area contributed by atoms with Crippen molar-refractivity contribution < 1.29 is 14.3 Å². The molecule has 0 aliphatic rings. The normalized spacial score (nSPS) is 12.6. The van der Waals surface area contributed by atoms with Gasteiger partial charge < -0.3 is 9.52 Å². The molecule has 1 unspecified atom stereocenters. The van der Waals surface area contributed by atoms with Gasteiger partial charge in [-0.2, -0.15) is 0 Å². The molecular weight excluding hydrogens is 226 g/mol. The number of hydrogen-bond donors (Lipinski definition) is 1. The molecule has 0 aliphatic heterocycles. The molecule has 1 atom stereocenters. The van der Waals surface area contributed by atoms with Gasteiger partial charge in [0.05, 0.1) is 0 Å². The summed E-state index contributed by atoms with van der Waals surface area (Å²) in [4.78, 5) is 15.1. The van der Waals surface area contributed by atoms with Gasteiger partial charge in [-0.05, 0) is 26.0 Å². The lowest BCUT2D eigenvalue weighted by molar-refractivity contribution is -0.138. The van der Waals surface area contributed by atoms with Crippen LogP contribution in [0.1, 0.15) is 23.6 Å². The Morgan fingerprint density at radius 2 is 2.31 bits per heavy atom. The summed E-state index contributed by atoms with van der Waals surface area (Å²) in [5, 5.41) is 11.3. The Morgan fingerprint density at radius 3 is 2.88 bits per heavy atom. The molecule has 4 nitrogen and oxygen atoms in total. The largest absolute Gasteiger partial charge is 0.481 e. The molecule has 2 rings (SSSR count). The Morgan fingerprint density at radius 1 is 1.56 bits per heavy atom. The fourth-order valence-electron chi connectivity index (χ4n) is 1.28. The van der Waals surface area contributed by atoms with Crippen LogP contribution in [0, 0.1) is 6.92 Å². The quantitative estimate of drug-likeness (QED) is 0.891. The number of carboxylic acids is 1. The third kappa shape index (κ3) is 1.99. The van der Waals surface area contributed by atoms with Gasteiger partial charge in [0.25, 0.3) is 0 Å². The molecule has 0 radical (unpaired) electrons. The van der Waals surface area contributed by atoms with Crippen LogP contribution in [0.25, 0.3) is 11.5 Å². The van der Waals surface area contributed by atoms with Crippen molar-refractivity contribution in [3.05, 3.63) is 28.3 Å². The van der Waals surface area contributed by atoms with Crippen LogP contribution in [0.5, 0.6) is 0 Å². The Balaban J connectivity index is 2.29. The SMILES string of the molecule is Cc1ccc(-c2csc(C(C)C(=O)O)n2)o1. The molecule has 0 saturated heterocycles. The van der Waals surface area contributed by atoms with E-state index in [1.54, 1.807) is 6.92 Å². The van der Waals surface area contributed by atoms with Crippen LogP contribution in [0.15, 0.2) is 21.9 Å². The average Bonchev–Trinajstić information content (AvgIpc) is 2.84. The van der Waals surface area contributed by atoms with E-state index in [-0.39, 0.29) is 0 Å². The molecule has 0 spiro atoms. The first kappa shape index (κ1) is 10.9. The van der Waals surface area contributed by atoms with E-state index in [0.717, 1.165) is 5.76 Å². The van der Waals surface area contributed by atoms with E-state index >= 15 is 0 Å². The fraction of sp³-hybridized carbons (Fsp3) is 0.273. The lowest BCUT2D eigenvalue weighted by atomic mass is 10.2. The second-order valence-electron chi connectivity index (χ2n) is 3.54. The Hall–Kier alpha value is -1.62. The molecule has 2 aromatic rings. The lowest BCUT2D eigenvalue weighted by Gasteiger charge is -1.99. The third-order valence-electron chi connectivity index (χ3n) is 2.26. The van der Waals surface area contributed by atoms with Crippen molar-refractivity contribution >= 4 is 17.3 Å². The predicted molar refractivity (Wildman–Crippen MR) is 60.6 cm³/mol. The van der Waals surface area contributed by atoms with Crippen molar-refractivity contribution in [2.24, 2.45) is 0 Å². The number of aryl methyl sites for hydroxylation is 1. The summed E-state index contributed by atoms with van der Waals surface area (Å²) in [7, 11) is 0. The smallest absolute Gasteiger partial charge is 0.313 e. The predicted octanol–water partition coefficient (Wildman–Crippen LogP) is 2.90. The number of aliphatic carboxylic acids is 1. The van der Waals surface area contributed by atoms with E-state index in [0.29, 0.717) is 16.5 Å². The average molecular weight is 237 g/mol. The first-order valence-electron chi connectivity index (χ1n) is 4.83. The zero-order chi connectivity index (χ0) is 11.7. The van der Waals surface area contributed by atoms with Crippen LogP contribution < -0.4 is 0 Å². The number of nitrogens with zero attached hydrogens (tertiary/aromatic N) is 1. The van der Waals surface area contributed by atoms with Gasteiger partial charge in [0.15, 0.2) is 5.76 Å². The van der Waals surface area contributed by atoms with Gasteiger partial charge >= 0.3 is 5.97 Å². The Kier molecular flexibility index (Phi) is 2.78. The first-order chi connectivity index (χ1) is 7.58. The maximum atomic E-state index is 10.8. The number of furan rings is 1. The minimum absolute atomic E-state index is 0.574. The molecule has 84 valence electrons. The maximum absolute atomic E-state index is 10.8. The van der Waals surface area contributed by atoms with E-state index in [2.05, 4.69) is 4.98 Å². The number of aromatic nitrogens is 1. The number of carboxylic acid groups (broad SMARTS) is 1. The molecule has 1 N–H and O–H groups in total. The molecule has 0 aliphatic carbocycles. The Labute approximate surface area is 96.6 Å². The van der Waals surface area contributed by atoms with Gasteiger partial charge in [-0.15, -0.1) is 11.3 Å². The first-order valence-corrected chi connectivity index (χ1v) is 5.71. The van der Waals surface area contributed by atoms with Crippen LogP contribution in [-0.2, 0) is 4.79 Å². The molecular formula is C11H11NO3S. The number of thiazole rings is 1. The number of rotatable bonds is 3. The van der Waals surface area contributed by atoms with Crippen molar-refractivity contribution in [2.45, 2.75) is 19.8 Å². The number of carbonyl (C=O) groups is 1. The van der Waals surface area contributed by atoms with Gasteiger partial charge in [-0.1, -0.05) is 0 Å². The highest BCUT2D eigenvalue weighted by Crippen LogP contribution is 2.27. The molecule has 0 fully saturated rings. The monoisotopic (exact) mass is 237 g/mol. The van der Waals surface area contributed by atoms with Crippen molar-refractivity contribution in [3.8, 4) is 11.5 Å². The van der Waals surface area contributed by atoms with Crippen LogP contribution in [-0.4, -0.2) is 16.1 Å². The molecule has 0 amide bonds. The van der Waals surface area contributed by atoms with Gasteiger partial charge in [-0.3, -0.25) is 4.79 Å². The molecule has 2 heterocycles. The highest BCUT2D eigenvalue weighted by atomic mass is 32.1. The summed E-state index contributed by atoms with van der Waals surface area (Å²) in [6.45, 7) is 3.48. The number of hydrogen-bond acceptors (Lipinski definition) is 4. The van der Waals surface area contributed by atoms with Crippen LogP contribution in [0.2, 0.25) is 0 Å². The molecule has 2 aromatic heterocycles. The zero-order valence-electron chi connectivity index (χ0n) is 8.93. The highest BCUT2D eigenvalue weighted by Gasteiger charge is 2.18. The highest BCUT2D eigenvalue weighted by molar-refractivity contribution is 7.10. The molecule has 0 bridgehead atoms. The summed E-state index contributed by atoms with van der Waals surface area (Å²) in [5.74, 6) is 0.0553. The summed E-state index contributed by atoms with van der Waals surface area (Å²) < 4.78 is 5.42. The summed E-state index contributed by atoms with van der Waals surface area (Å²) >= 11 is 1.34. The topological polar surface area (TPSA) is 63.3 Å². The van der Waals surface area contributed by atoms with Crippen LogP contribution in [0.4, 0.5) is 0 Å². The second kappa shape index (κ2) is 4.09. The van der Waals surface area contributed by atoms with E-state index in [9.17, 15) is 4.79 Å². The molecule has 0 saturated carbocycles. The maximum Gasteiger partial charge on any atom is 0.313 e. The van der Waals surface area contributed by atoms with Gasteiger partial charge in [0, 0.05) is 5.38 Å². The second-order valence-corrected chi connectivity index (χ2v) is 4.43. The van der Waals surface area contributed by atoms with Crippen molar-refractivity contribution in [2.75, 3.05) is 0 Å². The Bertz CT molecular complexity index is 515. The van der Waals surface area contributed by atoms with Gasteiger partial charge in [0.2, 0.25) is 0 Å². The summed E-state index contributed by atoms with van der Waals surface area (Å²) in [6, 6.07) is 3.69. The molecule has 0 aromatic carbocycles. The van der Waals surface area contributed by atoms with Gasteiger partial charge in [-0.25, -0.2) is 4.98 Å². The van der Waals surface area contributed by atoms with E-state index in [1.165, 1.54) is 11.3 Å². The third-order valence-corrected chi connectivity index (χ3v) is 3.28. The summed E-state index contributed by atoms with van der Waals surface area (Å²) in [5.41, 5.74) is 0.696. The van der Waals surface area contributed by atoms with E-state index < -0.39 is 11.9 Å². The van der Waals surface area contributed by atoms with Crippen molar-refractivity contribution in [1.82, 2.24) is 4.98 Å². The van der Waals surface area contributed by atoms with E-state index in [1.807, 2.05) is 24.4 Å². The van der Waals surface area contributed by atoms with Crippen molar-refractivity contribution in [3.63, 3.8) is 0 Å². The minimum Gasteiger partial charge on any atom is -0.481 e. The molecule has 16 heavy (non-hydrogen) atoms. The van der Waals surface area contributed by atoms with Gasteiger partial charge in [0.1, 0.15) is 22.4 Å². The summed E-state index contributed by atoms with van der Waals surface area (Å²) in [6.07, 6.45) is 0. The fourth-order valence-corrected chi connectivity index (χ4v) is 2.13. The van der Waals surface area contributed by atoms with Crippen LogP contribution in [0.3, 0.4) is 0 Å². The van der Waals surface area contributed by atoms with Crippen LogP contribution >= 0.6 is 11.3 Å². The van der Waals surface area contributed by atoms with Crippen molar-refractivity contribution in [1.29, 1.82) is 0 Å². The minimum atomic E-state index is -0.864. The standard InChI is InChI=1S/C11H11NO3S/c1-6-3-4-9(15-6)8-5-16-10(12-8)7(2)11(13)14/h3-5,7H,1-2H3,(H,13,14). The zero-order valence-corrected chi connectivity index (χ0v) is 9.75. The lowest BCUT2D eigenvalue weighted by Crippen LogP contribution is -2.06. The van der Waals surface area contributed by atoms with E-state index in [4.69, 9.17) is 9.52 Å². The molecule has 5 heteroatoms.